The van der Waals surface area contributed by atoms with Gasteiger partial charge in [0.25, 0.3) is 0 Å². The van der Waals surface area contributed by atoms with Gasteiger partial charge in [-0.1, -0.05) is 79.2 Å². The van der Waals surface area contributed by atoms with Crippen molar-refractivity contribution in [3.63, 3.8) is 0 Å². The predicted octanol–water partition coefficient (Wildman–Crippen LogP) is 8.00. The molecule has 0 amide bonds. The molecule has 4 aromatic carbocycles. The minimum atomic E-state index is 1.03. The zero-order valence-electron chi connectivity index (χ0n) is 17.4. The van der Waals surface area contributed by atoms with Crippen molar-refractivity contribution in [1.29, 1.82) is 0 Å². The van der Waals surface area contributed by atoms with Crippen molar-refractivity contribution in [3.05, 3.63) is 114 Å². The van der Waals surface area contributed by atoms with Gasteiger partial charge in [-0.3, -0.25) is 0 Å². The fraction of sp³-hybridized carbons (Fsp3) is 0.143. The summed E-state index contributed by atoms with van der Waals surface area (Å²) in [6, 6.07) is 34.9. The third-order valence-corrected chi connectivity index (χ3v) is 5.49. The van der Waals surface area contributed by atoms with E-state index in [1.54, 1.807) is 0 Å². The Morgan fingerprint density at radius 3 is 2.03 bits per heavy atom. The molecule has 0 atom stereocenters. The van der Waals surface area contributed by atoms with Crippen LogP contribution in [0.3, 0.4) is 0 Å². The summed E-state index contributed by atoms with van der Waals surface area (Å²) < 4.78 is 0. The van der Waals surface area contributed by atoms with Crippen molar-refractivity contribution >= 4 is 17.1 Å². The van der Waals surface area contributed by atoms with E-state index < -0.39 is 0 Å². The van der Waals surface area contributed by atoms with E-state index in [4.69, 9.17) is 0 Å². The first-order chi connectivity index (χ1) is 14.2. The fourth-order valence-electron chi connectivity index (χ4n) is 3.83. The maximum absolute atomic E-state index is 2.38. The molecule has 1 nitrogen and oxygen atoms in total. The number of nitrogens with zero attached hydrogens (tertiary/aromatic N) is 1. The molecule has 0 unspecified atom stereocenters. The quantitative estimate of drug-likeness (QED) is 0.340. The summed E-state index contributed by atoms with van der Waals surface area (Å²) in [6.07, 6.45) is 1.03. The molecule has 0 radical (unpaired) electrons. The normalized spacial score (nSPS) is 10.7. The largest absolute Gasteiger partial charge is 0.310 e. The average molecular weight is 378 g/mol. The van der Waals surface area contributed by atoms with Crippen molar-refractivity contribution in [1.82, 2.24) is 0 Å². The molecule has 0 aliphatic carbocycles. The van der Waals surface area contributed by atoms with Gasteiger partial charge in [0.05, 0.1) is 5.69 Å². The molecule has 0 fully saturated rings. The number of aryl methyl sites for hydroxylation is 3. The summed E-state index contributed by atoms with van der Waals surface area (Å²) >= 11 is 0. The van der Waals surface area contributed by atoms with Crippen LogP contribution in [-0.4, -0.2) is 0 Å². The SMILES string of the molecule is CCc1cc(N(c2ccc(C)cc2)c2ccccc2-c2ccccc2)ccc1C. The number of rotatable bonds is 5. The van der Waals surface area contributed by atoms with Crippen LogP contribution in [-0.2, 0) is 6.42 Å². The zero-order chi connectivity index (χ0) is 20.2. The van der Waals surface area contributed by atoms with Gasteiger partial charge >= 0.3 is 0 Å². The van der Waals surface area contributed by atoms with Crippen LogP contribution in [0.5, 0.6) is 0 Å². The Hall–Kier alpha value is -3.32. The van der Waals surface area contributed by atoms with Gasteiger partial charge in [-0.25, -0.2) is 0 Å². The molecule has 4 rings (SSSR count). The molecule has 0 spiro atoms. The van der Waals surface area contributed by atoms with Gasteiger partial charge in [0.2, 0.25) is 0 Å². The van der Waals surface area contributed by atoms with Gasteiger partial charge in [0.1, 0.15) is 0 Å². The first kappa shape index (κ1) is 19.0. The Bertz CT molecular complexity index is 1090. The summed E-state index contributed by atoms with van der Waals surface area (Å²) in [5.41, 5.74) is 10.0. The molecule has 4 aromatic rings. The van der Waals surface area contributed by atoms with Crippen LogP contribution in [0.4, 0.5) is 17.1 Å². The second-order valence-corrected chi connectivity index (χ2v) is 7.52. The van der Waals surface area contributed by atoms with Crippen molar-refractivity contribution in [3.8, 4) is 11.1 Å². The predicted molar refractivity (Wildman–Crippen MR) is 125 cm³/mol. The molecule has 144 valence electrons. The molecular formula is C28H27N. The highest BCUT2D eigenvalue weighted by Gasteiger charge is 2.17. The molecule has 0 aliphatic heterocycles. The van der Waals surface area contributed by atoms with Crippen LogP contribution in [0, 0.1) is 13.8 Å². The lowest BCUT2D eigenvalue weighted by atomic mass is 10.0. The summed E-state index contributed by atoms with van der Waals surface area (Å²) in [4.78, 5) is 2.38. The minimum Gasteiger partial charge on any atom is -0.310 e. The molecule has 0 bridgehead atoms. The van der Waals surface area contributed by atoms with Crippen LogP contribution in [0.1, 0.15) is 23.6 Å². The van der Waals surface area contributed by atoms with Crippen molar-refractivity contribution in [2.75, 3.05) is 4.90 Å². The van der Waals surface area contributed by atoms with E-state index in [9.17, 15) is 0 Å². The van der Waals surface area contributed by atoms with Crippen LogP contribution in [0.15, 0.2) is 97.1 Å². The smallest absolute Gasteiger partial charge is 0.0540 e. The number of para-hydroxylation sites is 1. The average Bonchev–Trinajstić information content (AvgIpc) is 2.77. The van der Waals surface area contributed by atoms with Crippen molar-refractivity contribution in [2.24, 2.45) is 0 Å². The summed E-state index contributed by atoms with van der Waals surface area (Å²) in [6.45, 7) is 6.55. The minimum absolute atomic E-state index is 1.03. The number of hydrogen-bond donors (Lipinski definition) is 0. The Kier molecular flexibility index (Phi) is 5.48. The zero-order valence-corrected chi connectivity index (χ0v) is 17.4. The Labute approximate surface area is 174 Å². The van der Waals surface area contributed by atoms with E-state index >= 15 is 0 Å². The molecule has 0 aliphatic rings. The van der Waals surface area contributed by atoms with Crippen LogP contribution in [0.2, 0.25) is 0 Å². The topological polar surface area (TPSA) is 3.24 Å². The van der Waals surface area contributed by atoms with Crippen LogP contribution >= 0.6 is 0 Å². The third-order valence-electron chi connectivity index (χ3n) is 5.49. The van der Waals surface area contributed by atoms with Gasteiger partial charge < -0.3 is 4.90 Å². The van der Waals surface area contributed by atoms with E-state index in [1.807, 2.05) is 0 Å². The molecule has 29 heavy (non-hydrogen) atoms. The maximum atomic E-state index is 2.38. The first-order valence-electron chi connectivity index (χ1n) is 10.3. The molecular weight excluding hydrogens is 350 g/mol. The second kappa shape index (κ2) is 8.36. The van der Waals surface area contributed by atoms with Crippen LogP contribution in [0.25, 0.3) is 11.1 Å². The van der Waals surface area contributed by atoms with Gasteiger partial charge in [0, 0.05) is 16.9 Å². The monoisotopic (exact) mass is 377 g/mol. The Morgan fingerprint density at radius 1 is 0.655 bits per heavy atom. The number of hydrogen-bond acceptors (Lipinski definition) is 1. The standard InChI is InChI=1S/C28H27N/c1-4-23-20-26(19-16-22(23)3)29(25-17-14-21(2)15-18-25)28-13-9-8-12-27(28)24-10-6-5-7-11-24/h5-20H,4H2,1-3H3. The number of benzene rings is 4. The summed E-state index contributed by atoms with van der Waals surface area (Å²) in [5, 5.41) is 0. The second-order valence-electron chi connectivity index (χ2n) is 7.52. The highest BCUT2D eigenvalue weighted by atomic mass is 15.1. The highest BCUT2D eigenvalue weighted by molar-refractivity contribution is 5.88. The molecule has 1 heteroatoms. The molecule has 0 heterocycles. The third kappa shape index (κ3) is 3.95. The lowest BCUT2D eigenvalue weighted by Gasteiger charge is -2.28. The van der Waals surface area contributed by atoms with Crippen LogP contribution < -0.4 is 4.90 Å². The van der Waals surface area contributed by atoms with Crippen molar-refractivity contribution < 1.29 is 0 Å². The lowest BCUT2D eigenvalue weighted by molar-refractivity contribution is 1.10. The molecule has 0 saturated carbocycles. The van der Waals surface area contributed by atoms with Gasteiger partial charge in [-0.2, -0.15) is 0 Å². The maximum Gasteiger partial charge on any atom is 0.0540 e. The number of anilines is 3. The first-order valence-corrected chi connectivity index (χ1v) is 10.3. The fourth-order valence-corrected chi connectivity index (χ4v) is 3.83. The lowest BCUT2D eigenvalue weighted by Crippen LogP contribution is -2.11. The van der Waals surface area contributed by atoms with E-state index in [0.717, 1.165) is 6.42 Å². The van der Waals surface area contributed by atoms with Crippen molar-refractivity contribution in [2.45, 2.75) is 27.2 Å². The van der Waals surface area contributed by atoms with Gasteiger partial charge in [-0.15, -0.1) is 0 Å². The van der Waals surface area contributed by atoms with Gasteiger partial charge in [-0.05, 0) is 67.3 Å². The van der Waals surface area contributed by atoms with Gasteiger partial charge in [0.15, 0.2) is 0 Å². The summed E-state index contributed by atoms with van der Waals surface area (Å²) in [5.74, 6) is 0. The Balaban J connectivity index is 1.94. The molecule has 0 saturated heterocycles. The van der Waals surface area contributed by atoms with E-state index in [2.05, 4.69) is 123 Å². The van der Waals surface area contributed by atoms with E-state index in [0.29, 0.717) is 0 Å². The Morgan fingerprint density at radius 2 is 1.31 bits per heavy atom. The summed E-state index contributed by atoms with van der Waals surface area (Å²) in [7, 11) is 0. The van der Waals surface area contributed by atoms with E-state index in [1.165, 1.54) is 44.9 Å². The van der Waals surface area contributed by atoms with E-state index in [-0.39, 0.29) is 0 Å². The molecule has 0 aromatic heterocycles. The highest BCUT2D eigenvalue weighted by Crippen LogP contribution is 2.41. The molecule has 0 N–H and O–H groups in total.